The molecule has 0 aliphatic rings. The topological polar surface area (TPSA) is 55.4 Å². The van der Waals surface area contributed by atoms with Gasteiger partial charge in [-0.1, -0.05) is 18.2 Å². The van der Waals surface area contributed by atoms with Crippen molar-refractivity contribution in [3.63, 3.8) is 0 Å². The molecule has 0 bridgehead atoms. The molecule has 2 aromatic rings. The molecule has 0 heterocycles. The van der Waals surface area contributed by atoms with E-state index in [4.69, 9.17) is 4.74 Å². The van der Waals surface area contributed by atoms with Crippen molar-refractivity contribution in [2.24, 2.45) is 0 Å². The van der Waals surface area contributed by atoms with Crippen molar-refractivity contribution in [3.05, 3.63) is 52.6 Å². The highest BCUT2D eigenvalue weighted by atomic mass is 32.2. The minimum Gasteiger partial charge on any atom is -0.497 e. The summed E-state index contributed by atoms with van der Waals surface area (Å²) in [5.41, 5.74) is 3.75. The number of anilines is 1. The van der Waals surface area contributed by atoms with Crippen LogP contribution >= 0.6 is 0 Å². The van der Waals surface area contributed by atoms with Crippen molar-refractivity contribution in [1.29, 1.82) is 0 Å². The molecule has 0 aliphatic heterocycles. The zero-order chi connectivity index (χ0) is 16.5. The maximum absolute atomic E-state index is 12.8. The molecule has 22 heavy (non-hydrogen) atoms. The van der Waals surface area contributed by atoms with Gasteiger partial charge in [-0.2, -0.15) is 0 Å². The number of benzene rings is 2. The number of rotatable bonds is 4. The van der Waals surface area contributed by atoms with E-state index in [0.717, 1.165) is 11.1 Å². The average molecular weight is 319 g/mol. The molecule has 2 rings (SSSR count). The molecule has 5 heteroatoms. The number of methoxy groups -OCH3 is 1. The zero-order valence-corrected chi connectivity index (χ0v) is 14.3. The quantitative estimate of drug-likeness (QED) is 0.934. The third kappa shape index (κ3) is 3.09. The molecule has 0 saturated carbocycles. The maximum Gasteiger partial charge on any atom is 0.262 e. The summed E-state index contributed by atoms with van der Waals surface area (Å²) in [4.78, 5) is 0.302. The van der Waals surface area contributed by atoms with Gasteiger partial charge in [0.2, 0.25) is 0 Å². The Bertz CT molecular complexity index is 767. The largest absolute Gasteiger partial charge is 0.497 e. The normalized spacial score (nSPS) is 11.3. The number of ether oxygens (including phenoxy) is 1. The molecule has 0 aromatic heterocycles. The van der Waals surface area contributed by atoms with Crippen molar-refractivity contribution in [1.82, 2.24) is 0 Å². The van der Waals surface area contributed by atoms with Gasteiger partial charge in [-0.3, -0.25) is 4.72 Å². The van der Waals surface area contributed by atoms with Crippen molar-refractivity contribution >= 4 is 15.7 Å². The van der Waals surface area contributed by atoms with E-state index in [1.807, 2.05) is 32.0 Å². The van der Waals surface area contributed by atoms with Gasteiger partial charge >= 0.3 is 0 Å². The first-order valence-corrected chi connectivity index (χ1v) is 8.49. The highest BCUT2D eigenvalue weighted by Gasteiger charge is 2.22. The van der Waals surface area contributed by atoms with Crippen molar-refractivity contribution < 1.29 is 13.2 Å². The highest BCUT2D eigenvalue weighted by Crippen LogP contribution is 2.29. The van der Waals surface area contributed by atoms with Crippen LogP contribution < -0.4 is 9.46 Å². The van der Waals surface area contributed by atoms with Crippen LogP contribution in [0.2, 0.25) is 0 Å². The molecular weight excluding hydrogens is 298 g/mol. The van der Waals surface area contributed by atoms with Crippen molar-refractivity contribution in [2.45, 2.75) is 32.6 Å². The Balaban J connectivity index is 2.53. The Morgan fingerprint density at radius 1 is 0.909 bits per heavy atom. The standard InChI is InChI=1S/C17H21NO3S/c1-11-7-6-8-12(2)16(11)18-22(19,20)17-13(3)9-15(21-5)10-14(17)4/h6-10,18H,1-5H3. The molecule has 0 atom stereocenters. The molecule has 0 aliphatic carbocycles. The van der Waals surface area contributed by atoms with Crippen LogP contribution in [0.15, 0.2) is 35.2 Å². The Hall–Kier alpha value is -2.01. The number of sulfonamides is 1. The summed E-state index contributed by atoms with van der Waals surface area (Å²) in [6.07, 6.45) is 0. The van der Waals surface area contributed by atoms with Crippen molar-refractivity contribution in [3.8, 4) is 5.75 Å². The number of para-hydroxylation sites is 1. The van der Waals surface area contributed by atoms with Gasteiger partial charge in [0.25, 0.3) is 10.0 Å². The molecule has 0 radical (unpaired) electrons. The van der Waals surface area contributed by atoms with E-state index in [1.165, 1.54) is 0 Å². The van der Waals surface area contributed by atoms with Gasteiger partial charge in [0.05, 0.1) is 17.7 Å². The Morgan fingerprint density at radius 3 is 1.86 bits per heavy atom. The molecule has 0 unspecified atom stereocenters. The summed E-state index contributed by atoms with van der Waals surface area (Å²) in [6.45, 7) is 7.32. The predicted molar refractivity (Wildman–Crippen MR) is 89.2 cm³/mol. The highest BCUT2D eigenvalue weighted by molar-refractivity contribution is 7.92. The zero-order valence-electron chi connectivity index (χ0n) is 13.5. The first kappa shape index (κ1) is 16.4. The second kappa shape index (κ2) is 6.01. The summed E-state index contributed by atoms with van der Waals surface area (Å²) in [6, 6.07) is 9.14. The van der Waals surface area contributed by atoms with Gasteiger partial charge in [0.1, 0.15) is 5.75 Å². The minimum atomic E-state index is -3.65. The number of nitrogens with one attached hydrogen (secondary N) is 1. The van der Waals surface area contributed by atoms with Gasteiger partial charge in [-0.15, -0.1) is 0 Å². The molecule has 0 amide bonds. The second-order valence-electron chi connectivity index (χ2n) is 5.46. The summed E-state index contributed by atoms with van der Waals surface area (Å²) in [5.74, 6) is 0.654. The van der Waals surface area contributed by atoms with Gasteiger partial charge in [-0.25, -0.2) is 8.42 Å². The number of aryl methyl sites for hydroxylation is 4. The minimum absolute atomic E-state index is 0.302. The molecule has 0 fully saturated rings. The van der Waals surface area contributed by atoms with Gasteiger partial charge in [0.15, 0.2) is 0 Å². The summed E-state index contributed by atoms with van der Waals surface area (Å²) >= 11 is 0. The predicted octanol–water partition coefficient (Wildman–Crippen LogP) is 3.73. The van der Waals surface area contributed by atoms with Crippen LogP contribution in [0.1, 0.15) is 22.3 Å². The first-order valence-electron chi connectivity index (χ1n) is 7.00. The van der Waals surface area contributed by atoms with Gasteiger partial charge < -0.3 is 4.74 Å². The average Bonchev–Trinajstić information content (AvgIpc) is 2.42. The molecule has 118 valence electrons. The summed E-state index contributed by atoms with van der Waals surface area (Å²) in [5, 5.41) is 0. The molecular formula is C17H21NO3S. The van der Waals surface area contributed by atoms with Crippen LogP contribution in [-0.2, 0) is 10.0 Å². The van der Waals surface area contributed by atoms with Crippen LogP contribution in [0.3, 0.4) is 0 Å². The smallest absolute Gasteiger partial charge is 0.262 e. The fourth-order valence-electron chi connectivity index (χ4n) is 2.61. The van der Waals surface area contributed by atoms with E-state index >= 15 is 0 Å². The second-order valence-corrected chi connectivity index (χ2v) is 7.08. The number of hydrogen-bond donors (Lipinski definition) is 1. The first-order chi connectivity index (χ1) is 10.3. The van der Waals surface area contributed by atoms with Gasteiger partial charge in [-0.05, 0) is 62.1 Å². The lowest BCUT2D eigenvalue weighted by Gasteiger charge is -2.17. The van der Waals surface area contributed by atoms with E-state index in [0.29, 0.717) is 27.5 Å². The fraction of sp³-hybridized carbons (Fsp3) is 0.294. The Kier molecular flexibility index (Phi) is 4.47. The third-order valence-electron chi connectivity index (χ3n) is 3.66. The van der Waals surface area contributed by atoms with Crippen LogP contribution in [0.25, 0.3) is 0 Å². The van der Waals surface area contributed by atoms with E-state index in [-0.39, 0.29) is 0 Å². The lowest BCUT2D eigenvalue weighted by molar-refractivity contribution is 0.413. The lowest BCUT2D eigenvalue weighted by atomic mass is 10.1. The molecule has 1 N–H and O–H groups in total. The molecule has 4 nitrogen and oxygen atoms in total. The molecule has 0 spiro atoms. The third-order valence-corrected chi connectivity index (χ3v) is 5.31. The Morgan fingerprint density at radius 2 is 1.41 bits per heavy atom. The van der Waals surface area contributed by atoms with Crippen LogP contribution in [0.5, 0.6) is 5.75 Å². The van der Waals surface area contributed by atoms with Crippen LogP contribution in [0.4, 0.5) is 5.69 Å². The maximum atomic E-state index is 12.8. The van der Waals surface area contributed by atoms with E-state index in [9.17, 15) is 8.42 Å². The lowest BCUT2D eigenvalue weighted by Crippen LogP contribution is -2.17. The SMILES string of the molecule is COc1cc(C)c(S(=O)(=O)Nc2c(C)cccc2C)c(C)c1. The molecule has 0 saturated heterocycles. The van der Waals surface area contributed by atoms with Crippen LogP contribution in [-0.4, -0.2) is 15.5 Å². The van der Waals surface area contributed by atoms with Crippen molar-refractivity contribution in [2.75, 3.05) is 11.8 Å². The monoisotopic (exact) mass is 319 g/mol. The van der Waals surface area contributed by atoms with E-state index in [2.05, 4.69) is 4.72 Å². The summed E-state index contributed by atoms with van der Waals surface area (Å²) in [7, 11) is -2.08. The van der Waals surface area contributed by atoms with Crippen LogP contribution in [0, 0.1) is 27.7 Å². The summed E-state index contributed by atoms with van der Waals surface area (Å²) < 4.78 is 33.5. The Labute approximate surface area is 132 Å². The molecule has 2 aromatic carbocycles. The van der Waals surface area contributed by atoms with Gasteiger partial charge in [0, 0.05) is 0 Å². The number of hydrogen-bond acceptors (Lipinski definition) is 3. The fourth-order valence-corrected chi connectivity index (χ4v) is 4.27. The van der Waals surface area contributed by atoms with E-state index < -0.39 is 10.0 Å². The van der Waals surface area contributed by atoms with E-state index in [1.54, 1.807) is 33.1 Å².